The van der Waals surface area contributed by atoms with Gasteiger partial charge in [-0.15, -0.1) is 0 Å². The van der Waals surface area contributed by atoms with Gasteiger partial charge in [0.05, 0.1) is 16.8 Å². The van der Waals surface area contributed by atoms with Gasteiger partial charge < -0.3 is 9.63 Å². The second-order valence-corrected chi connectivity index (χ2v) is 10.2. The van der Waals surface area contributed by atoms with E-state index >= 15 is 0 Å². The Morgan fingerprint density at radius 1 is 0.947 bits per heavy atom. The molecular weight excluding hydrogens is 496 g/mol. The summed E-state index contributed by atoms with van der Waals surface area (Å²) in [6.45, 7) is 1.96. The Hall–Kier alpha value is -4.22. The SMILES string of the molecule is Cc1noc(-c2ccc(-c3ccc(C4(C(=O)O)CC4)cc3)cc2)c1Cc1ccnc(-c2ccccc2Cl)c1. The summed E-state index contributed by atoms with van der Waals surface area (Å²) in [6.07, 6.45) is 3.86. The Labute approximate surface area is 225 Å². The molecule has 1 N–H and O–H groups in total. The lowest BCUT2D eigenvalue weighted by Crippen LogP contribution is -2.19. The summed E-state index contributed by atoms with van der Waals surface area (Å²) >= 11 is 6.40. The van der Waals surface area contributed by atoms with Crippen molar-refractivity contribution in [1.82, 2.24) is 10.1 Å². The van der Waals surface area contributed by atoms with Gasteiger partial charge in [0.25, 0.3) is 0 Å². The Morgan fingerprint density at radius 3 is 2.26 bits per heavy atom. The minimum Gasteiger partial charge on any atom is -0.481 e. The van der Waals surface area contributed by atoms with Gasteiger partial charge in [-0.3, -0.25) is 9.78 Å². The Kier molecular flexibility index (Phi) is 6.09. The predicted molar refractivity (Wildman–Crippen MR) is 148 cm³/mol. The molecular formula is C32H25ClN2O3. The van der Waals surface area contributed by atoms with Crippen LogP contribution >= 0.6 is 11.6 Å². The number of aliphatic carboxylic acids is 1. The van der Waals surface area contributed by atoms with E-state index in [9.17, 15) is 9.90 Å². The number of carboxylic acids is 1. The maximum atomic E-state index is 11.6. The Balaban J connectivity index is 1.25. The van der Waals surface area contributed by atoms with Crippen molar-refractivity contribution in [2.45, 2.75) is 31.6 Å². The molecule has 0 unspecified atom stereocenters. The van der Waals surface area contributed by atoms with Crippen LogP contribution in [0.1, 0.15) is 35.2 Å². The molecule has 5 aromatic rings. The molecule has 5 nitrogen and oxygen atoms in total. The highest BCUT2D eigenvalue weighted by molar-refractivity contribution is 6.33. The van der Waals surface area contributed by atoms with E-state index in [1.807, 2.05) is 73.7 Å². The number of pyridine rings is 1. The van der Waals surface area contributed by atoms with Crippen molar-refractivity contribution < 1.29 is 14.4 Å². The fraction of sp³-hybridized carbons (Fsp3) is 0.156. The van der Waals surface area contributed by atoms with Crippen molar-refractivity contribution in [3.63, 3.8) is 0 Å². The molecule has 0 atom stereocenters. The van der Waals surface area contributed by atoms with Crippen molar-refractivity contribution >= 4 is 17.6 Å². The van der Waals surface area contributed by atoms with Gasteiger partial charge in [0.2, 0.25) is 0 Å². The summed E-state index contributed by atoms with van der Waals surface area (Å²) in [5, 5.41) is 14.5. The molecule has 2 heterocycles. The van der Waals surface area contributed by atoms with Crippen LogP contribution in [-0.2, 0) is 16.6 Å². The maximum absolute atomic E-state index is 11.6. The van der Waals surface area contributed by atoms with Gasteiger partial charge in [-0.25, -0.2) is 0 Å². The Morgan fingerprint density at radius 2 is 1.61 bits per heavy atom. The normalized spacial score (nSPS) is 13.8. The van der Waals surface area contributed by atoms with Crippen LogP contribution < -0.4 is 0 Å². The monoisotopic (exact) mass is 520 g/mol. The standard InChI is InChI=1S/C32H25ClN2O3/c1-20-27(18-21-14-17-34-29(19-21)26-4-2-3-5-28(26)33)30(38-35-20)24-8-6-22(7-9-24)23-10-12-25(13-11-23)32(15-16-32)31(36)37/h2-14,17,19H,15-16,18H2,1H3,(H,36,37). The fourth-order valence-electron chi connectivity index (χ4n) is 4.98. The van der Waals surface area contributed by atoms with Crippen LogP contribution in [0.3, 0.4) is 0 Å². The first-order valence-electron chi connectivity index (χ1n) is 12.5. The van der Waals surface area contributed by atoms with E-state index in [0.29, 0.717) is 24.3 Å². The third kappa shape index (κ3) is 4.39. The minimum atomic E-state index is -0.736. The quantitative estimate of drug-likeness (QED) is 0.237. The van der Waals surface area contributed by atoms with Gasteiger partial charge in [-0.2, -0.15) is 0 Å². The van der Waals surface area contributed by atoms with Crippen molar-refractivity contribution in [2.24, 2.45) is 0 Å². The summed E-state index contributed by atoms with van der Waals surface area (Å²) in [4.78, 5) is 16.1. The molecule has 1 fully saturated rings. The lowest BCUT2D eigenvalue weighted by Gasteiger charge is -2.11. The third-order valence-electron chi connectivity index (χ3n) is 7.42. The zero-order chi connectivity index (χ0) is 26.3. The molecule has 0 spiro atoms. The van der Waals surface area contributed by atoms with Crippen LogP contribution in [-0.4, -0.2) is 21.2 Å². The third-order valence-corrected chi connectivity index (χ3v) is 7.75. The van der Waals surface area contributed by atoms with Gasteiger partial charge >= 0.3 is 5.97 Å². The average Bonchev–Trinajstić information content (AvgIpc) is 3.69. The number of hydrogen-bond acceptors (Lipinski definition) is 4. The second-order valence-electron chi connectivity index (χ2n) is 9.82. The largest absolute Gasteiger partial charge is 0.481 e. The molecule has 0 bridgehead atoms. The molecule has 0 saturated heterocycles. The van der Waals surface area contributed by atoms with Crippen LogP contribution in [0.15, 0.2) is 95.6 Å². The summed E-state index contributed by atoms with van der Waals surface area (Å²) in [7, 11) is 0. The highest BCUT2D eigenvalue weighted by Gasteiger charge is 2.51. The summed E-state index contributed by atoms with van der Waals surface area (Å²) in [5.74, 6) is 0.0113. The number of aryl methyl sites for hydroxylation is 1. The minimum absolute atomic E-state index is 0.652. The Bertz CT molecular complexity index is 1630. The number of hydrogen-bond donors (Lipinski definition) is 1. The number of rotatable bonds is 7. The van der Waals surface area contributed by atoms with Crippen molar-refractivity contribution in [3.8, 4) is 33.7 Å². The van der Waals surface area contributed by atoms with E-state index in [-0.39, 0.29) is 0 Å². The smallest absolute Gasteiger partial charge is 0.314 e. The van der Waals surface area contributed by atoms with Gasteiger partial charge in [0.15, 0.2) is 5.76 Å². The van der Waals surface area contributed by atoms with Crippen LogP contribution in [0.5, 0.6) is 0 Å². The van der Waals surface area contributed by atoms with Gasteiger partial charge in [0.1, 0.15) is 0 Å². The van der Waals surface area contributed by atoms with E-state index in [4.69, 9.17) is 16.1 Å². The molecule has 2 aromatic heterocycles. The maximum Gasteiger partial charge on any atom is 0.314 e. The first-order valence-corrected chi connectivity index (χ1v) is 12.9. The molecule has 188 valence electrons. The van der Waals surface area contributed by atoms with E-state index in [1.54, 1.807) is 6.20 Å². The van der Waals surface area contributed by atoms with Gasteiger partial charge in [-0.1, -0.05) is 83.5 Å². The zero-order valence-corrected chi connectivity index (χ0v) is 21.6. The molecule has 0 aliphatic heterocycles. The summed E-state index contributed by atoms with van der Waals surface area (Å²) in [6, 6.07) is 27.8. The molecule has 1 saturated carbocycles. The molecule has 0 amide bonds. The molecule has 1 aliphatic rings. The molecule has 38 heavy (non-hydrogen) atoms. The fourth-order valence-corrected chi connectivity index (χ4v) is 5.21. The number of aromatic nitrogens is 2. The van der Waals surface area contributed by atoms with Crippen molar-refractivity contribution in [2.75, 3.05) is 0 Å². The molecule has 6 heteroatoms. The van der Waals surface area contributed by atoms with Crippen LogP contribution in [0.25, 0.3) is 33.7 Å². The van der Waals surface area contributed by atoms with Gasteiger partial charge in [0, 0.05) is 34.3 Å². The van der Waals surface area contributed by atoms with Crippen molar-refractivity contribution in [3.05, 3.63) is 119 Å². The lowest BCUT2D eigenvalue weighted by molar-refractivity contribution is -0.140. The topological polar surface area (TPSA) is 76.2 Å². The first kappa shape index (κ1) is 24.1. The number of halogens is 1. The number of carboxylic acid groups (broad SMARTS) is 1. The first-order chi connectivity index (χ1) is 18.4. The zero-order valence-electron chi connectivity index (χ0n) is 20.8. The molecule has 0 radical (unpaired) electrons. The number of carbonyl (C=O) groups is 1. The van der Waals surface area contributed by atoms with E-state index in [1.165, 1.54) is 0 Å². The molecule has 3 aromatic carbocycles. The second kappa shape index (κ2) is 9.58. The highest BCUT2D eigenvalue weighted by atomic mass is 35.5. The molecule has 6 rings (SSSR count). The van der Waals surface area contributed by atoms with Crippen molar-refractivity contribution in [1.29, 1.82) is 0 Å². The van der Waals surface area contributed by atoms with E-state index in [0.717, 1.165) is 56.1 Å². The summed E-state index contributed by atoms with van der Waals surface area (Å²) < 4.78 is 5.77. The van der Waals surface area contributed by atoms with Crippen LogP contribution in [0.4, 0.5) is 0 Å². The van der Waals surface area contributed by atoms with E-state index < -0.39 is 11.4 Å². The highest BCUT2D eigenvalue weighted by Crippen LogP contribution is 2.48. The van der Waals surface area contributed by atoms with Crippen LogP contribution in [0, 0.1) is 6.92 Å². The number of nitrogens with zero attached hydrogens (tertiary/aromatic N) is 2. The van der Waals surface area contributed by atoms with Crippen LogP contribution in [0.2, 0.25) is 5.02 Å². The molecule has 1 aliphatic carbocycles. The number of benzene rings is 3. The predicted octanol–water partition coefficient (Wildman–Crippen LogP) is 7.74. The summed E-state index contributed by atoms with van der Waals surface area (Å²) in [5.41, 5.74) is 7.93. The lowest BCUT2D eigenvalue weighted by atomic mass is 9.93. The average molecular weight is 521 g/mol. The van der Waals surface area contributed by atoms with E-state index in [2.05, 4.69) is 28.3 Å². The van der Waals surface area contributed by atoms with Gasteiger partial charge in [-0.05, 0) is 60.2 Å².